The number of rotatable bonds is 4. The van der Waals surface area contributed by atoms with Crippen LogP contribution >= 0.6 is 0 Å². The number of hydrogen-bond donors (Lipinski definition) is 1. The molecule has 126 valence electrons. The van der Waals surface area contributed by atoms with Gasteiger partial charge in [0.25, 0.3) is 11.2 Å². The van der Waals surface area contributed by atoms with E-state index in [4.69, 9.17) is 0 Å². The molecule has 2 aromatic rings. The van der Waals surface area contributed by atoms with Crippen molar-refractivity contribution < 1.29 is 9.72 Å². The summed E-state index contributed by atoms with van der Waals surface area (Å²) in [7, 11) is 0. The van der Waals surface area contributed by atoms with Gasteiger partial charge in [-0.2, -0.15) is 0 Å². The van der Waals surface area contributed by atoms with E-state index >= 15 is 0 Å². The van der Waals surface area contributed by atoms with E-state index in [1.807, 2.05) is 32.0 Å². The van der Waals surface area contributed by atoms with Crippen LogP contribution in [0.4, 0.5) is 11.4 Å². The molecule has 1 aromatic heterocycles. The Labute approximate surface area is 139 Å². The summed E-state index contributed by atoms with van der Waals surface area (Å²) < 4.78 is 1.09. The second kappa shape index (κ2) is 6.66. The fourth-order valence-corrected chi connectivity index (χ4v) is 2.35. The highest BCUT2D eigenvalue weighted by atomic mass is 16.6. The summed E-state index contributed by atoms with van der Waals surface area (Å²) in [6.45, 7) is 6.79. The number of nitrogens with zero attached hydrogens (tertiary/aromatic N) is 2. The lowest BCUT2D eigenvalue weighted by atomic mass is 10.1. The lowest BCUT2D eigenvalue weighted by molar-refractivity contribution is -0.385. The first-order chi connectivity index (χ1) is 11.2. The van der Waals surface area contributed by atoms with Crippen molar-refractivity contribution >= 4 is 17.3 Å². The number of pyridine rings is 1. The molecule has 0 spiro atoms. The number of hydrogen-bond acceptors (Lipinski definition) is 4. The highest BCUT2D eigenvalue weighted by Crippen LogP contribution is 2.19. The van der Waals surface area contributed by atoms with Crippen molar-refractivity contribution in [2.45, 2.75) is 33.7 Å². The monoisotopic (exact) mass is 329 g/mol. The number of amides is 1. The number of anilines is 1. The van der Waals surface area contributed by atoms with Crippen LogP contribution in [-0.2, 0) is 4.79 Å². The van der Waals surface area contributed by atoms with Crippen molar-refractivity contribution in [2.75, 3.05) is 5.32 Å². The third kappa shape index (κ3) is 3.51. The van der Waals surface area contributed by atoms with Gasteiger partial charge in [0.1, 0.15) is 6.04 Å². The minimum Gasteiger partial charge on any atom is -0.324 e. The van der Waals surface area contributed by atoms with Crippen molar-refractivity contribution in [1.82, 2.24) is 4.57 Å². The third-order valence-electron chi connectivity index (χ3n) is 3.87. The summed E-state index contributed by atoms with van der Waals surface area (Å²) in [6.07, 6.45) is 1.10. The number of nitro groups is 1. The highest BCUT2D eigenvalue weighted by Gasteiger charge is 2.21. The van der Waals surface area contributed by atoms with E-state index in [0.717, 1.165) is 21.9 Å². The standard InChI is InChI=1S/C17H19N3O4/c1-10-5-6-11(2)15(7-10)18-16(21)13(4)19-9-14(20(23)24)8-12(3)17(19)22/h5-9,13H,1-4H3,(H,18,21). The van der Waals surface area contributed by atoms with Crippen molar-refractivity contribution in [1.29, 1.82) is 0 Å². The van der Waals surface area contributed by atoms with Gasteiger partial charge in [0.2, 0.25) is 5.91 Å². The van der Waals surface area contributed by atoms with Gasteiger partial charge in [-0.25, -0.2) is 0 Å². The van der Waals surface area contributed by atoms with Crippen LogP contribution in [0.25, 0.3) is 0 Å². The lowest BCUT2D eigenvalue weighted by Crippen LogP contribution is -2.32. The molecule has 0 aliphatic carbocycles. The predicted octanol–water partition coefficient (Wildman–Crippen LogP) is 2.88. The Balaban J connectivity index is 2.36. The zero-order valence-electron chi connectivity index (χ0n) is 14.0. The molecule has 0 fully saturated rings. The zero-order valence-corrected chi connectivity index (χ0v) is 14.0. The van der Waals surface area contributed by atoms with E-state index in [1.165, 1.54) is 19.9 Å². The molecule has 1 atom stereocenters. The van der Waals surface area contributed by atoms with Gasteiger partial charge < -0.3 is 5.32 Å². The number of nitrogens with one attached hydrogen (secondary N) is 1. The highest BCUT2D eigenvalue weighted by molar-refractivity contribution is 5.94. The van der Waals surface area contributed by atoms with Crippen LogP contribution in [0.3, 0.4) is 0 Å². The largest absolute Gasteiger partial charge is 0.324 e. The SMILES string of the molecule is Cc1ccc(C)c(NC(=O)C(C)n2cc([N+](=O)[O-])cc(C)c2=O)c1. The molecule has 1 unspecified atom stereocenters. The van der Waals surface area contributed by atoms with Crippen molar-refractivity contribution in [3.05, 3.63) is 67.6 Å². The molecule has 24 heavy (non-hydrogen) atoms. The quantitative estimate of drug-likeness (QED) is 0.689. The Hall–Kier alpha value is -2.96. The van der Waals surface area contributed by atoms with Crippen molar-refractivity contribution in [3.63, 3.8) is 0 Å². The molecule has 1 heterocycles. The Morgan fingerprint density at radius 3 is 2.50 bits per heavy atom. The van der Waals surface area contributed by atoms with Crippen LogP contribution in [0.1, 0.15) is 29.7 Å². The van der Waals surface area contributed by atoms with Crippen LogP contribution < -0.4 is 10.9 Å². The maximum atomic E-state index is 12.5. The molecule has 7 heteroatoms. The van der Waals surface area contributed by atoms with E-state index in [2.05, 4.69) is 5.32 Å². The zero-order chi connectivity index (χ0) is 18.0. The van der Waals surface area contributed by atoms with Gasteiger partial charge in [-0.15, -0.1) is 0 Å². The van der Waals surface area contributed by atoms with Crippen molar-refractivity contribution in [3.8, 4) is 0 Å². The Morgan fingerprint density at radius 1 is 1.21 bits per heavy atom. The van der Waals surface area contributed by atoms with Crippen LogP contribution in [0.15, 0.2) is 35.3 Å². The second-order valence-electron chi connectivity index (χ2n) is 5.83. The van der Waals surface area contributed by atoms with E-state index in [0.29, 0.717) is 5.69 Å². The lowest BCUT2D eigenvalue weighted by Gasteiger charge is -2.17. The molecule has 1 N–H and O–H groups in total. The molecule has 7 nitrogen and oxygen atoms in total. The Morgan fingerprint density at radius 2 is 1.88 bits per heavy atom. The molecule has 0 aliphatic rings. The number of benzene rings is 1. The van der Waals surface area contributed by atoms with E-state index in [1.54, 1.807) is 0 Å². The first kappa shape index (κ1) is 17.4. The molecule has 0 radical (unpaired) electrons. The Kier molecular flexibility index (Phi) is 4.82. The summed E-state index contributed by atoms with van der Waals surface area (Å²) in [5.74, 6) is -0.411. The first-order valence-electron chi connectivity index (χ1n) is 7.46. The molecule has 1 amide bonds. The number of carbonyl (C=O) groups excluding carboxylic acids is 1. The van der Waals surface area contributed by atoms with Gasteiger partial charge in [0.15, 0.2) is 0 Å². The smallest absolute Gasteiger partial charge is 0.286 e. The maximum absolute atomic E-state index is 12.5. The number of carbonyl (C=O) groups is 1. The summed E-state index contributed by atoms with van der Waals surface area (Å²) in [5.41, 5.74) is 2.11. The molecule has 0 aliphatic heterocycles. The first-order valence-corrected chi connectivity index (χ1v) is 7.46. The van der Waals surface area contributed by atoms with Crippen LogP contribution in [0, 0.1) is 30.9 Å². The van der Waals surface area contributed by atoms with Crippen LogP contribution in [0.5, 0.6) is 0 Å². The molecule has 0 saturated heterocycles. The Bertz CT molecular complexity index is 871. The van der Waals surface area contributed by atoms with Gasteiger partial charge in [0, 0.05) is 17.3 Å². The topological polar surface area (TPSA) is 94.2 Å². The second-order valence-corrected chi connectivity index (χ2v) is 5.83. The summed E-state index contributed by atoms with van der Waals surface area (Å²) in [6, 6.07) is 5.98. The minimum atomic E-state index is -0.879. The molecule has 0 bridgehead atoms. The number of aryl methyl sites for hydroxylation is 3. The van der Waals surface area contributed by atoms with E-state index in [-0.39, 0.29) is 11.3 Å². The predicted molar refractivity (Wildman–Crippen MR) is 91.4 cm³/mol. The van der Waals surface area contributed by atoms with Crippen molar-refractivity contribution in [2.24, 2.45) is 0 Å². The fraction of sp³-hybridized carbons (Fsp3) is 0.294. The summed E-state index contributed by atoms with van der Waals surface area (Å²) in [4.78, 5) is 35.1. The average molecular weight is 329 g/mol. The van der Waals surface area contributed by atoms with E-state index in [9.17, 15) is 19.7 Å². The van der Waals surface area contributed by atoms with Gasteiger partial charge >= 0.3 is 0 Å². The molecule has 1 aromatic carbocycles. The minimum absolute atomic E-state index is 0.218. The third-order valence-corrected chi connectivity index (χ3v) is 3.87. The number of aromatic nitrogens is 1. The summed E-state index contributed by atoms with van der Waals surface area (Å²) >= 11 is 0. The van der Waals surface area contributed by atoms with Gasteiger partial charge in [-0.1, -0.05) is 12.1 Å². The fourth-order valence-electron chi connectivity index (χ4n) is 2.35. The molecular weight excluding hydrogens is 310 g/mol. The average Bonchev–Trinajstić information content (AvgIpc) is 2.52. The van der Waals surface area contributed by atoms with Gasteiger partial charge in [0.05, 0.1) is 11.1 Å². The van der Waals surface area contributed by atoms with Crippen LogP contribution in [0.2, 0.25) is 0 Å². The molecule has 2 rings (SSSR count). The van der Waals surface area contributed by atoms with E-state index < -0.39 is 22.4 Å². The molecule has 0 saturated carbocycles. The van der Waals surface area contributed by atoms with Gasteiger partial charge in [-0.3, -0.25) is 24.3 Å². The van der Waals surface area contributed by atoms with Gasteiger partial charge in [-0.05, 0) is 44.9 Å². The molecular formula is C17H19N3O4. The normalized spacial score (nSPS) is 11.8. The van der Waals surface area contributed by atoms with Crippen LogP contribution in [-0.4, -0.2) is 15.4 Å². The summed E-state index contributed by atoms with van der Waals surface area (Å²) in [5, 5.41) is 13.7. The maximum Gasteiger partial charge on any atom is 0.286 e.